The second kappa shape index (κ2) is 5.27. The molecule has 0 aliphatic carbocycles. The van der Waals surface area contributed by atoms with Crippen LogP contribution in [-0.4, -0.2) is 16.6 Å². The van der Waals surface area contributed by atoms with E-state index >= 15 is 0 Å². The van der Waals surface area contributed by atoms with Crippen molar-refractivity contribution >= 4 is 22.9 Å². The number of halogens is 1. The molecule has 0 saturated heterocycles. The van der Waals surface area contributed by atoms with Crippen molar-refractivity contribution in [2.45, 2.75) is 13.3 Å². The number of rotatable bonds is 4. The molecule has 0 atom stereocenters. The number of hydrogen-bond donors (Lipinski definition) is 0. The van der Waals surface area contributed by atoms with Crippen LogP contribution in [0.4, 0.5) is 0 Å². The van der Waals surface area contributed by atoms with Crippen LogP contribution in [0, 0.1) is 6.92 Å². The van der Waals surface area contributed by atoms with Crippen LogP contribution in [0.5, 0.6) is 5.75 Å². The van der Waals surface area contributed by atoms with Gasteiger partial charge in [0.15, 0.2) is 0 Å². The second-order valence-electron chi connectivity index (χ2n) is 3.27. The average Bonchev–Trinajstić information content (AvgIpc) is 2.65. The number of nitrogens with zero attached hydrogens (tertiary/aromatic N) is 2. The van der Waals surface area contributed by atoms with Crippen molar-refractivity contribution in [3.8, 4) is 5.75 Å². The van der Waals surface area contributed by atoms with Gasteiger partial charge in [0.25, 0.3) is 0 Å². The minimum atomic E-state index is 0.450. The summed E-state index contributed by atoms with van der Waals surface area (Å²) < 4.78 is 5.57. The molecule has 0 saturated carbocycles. The van der Waals surface area contributed by atoms with Crippen LogP contribution in [0.15, 0.2) is 23.8 Å². The highest BCUT2D eigenvalue weighted by atomic mass is 35.5. The number of aromatic nitrogens is 2. The molecular weight excluding hydrogens is 244 g/mol. The minimum Gasteiger partial charge on any atom is -0.493 e. The first-order valence-corrected chi connectivity index (χ1v) is 6.15. The zero-order valence-electron chi connectivity index (χ0n) is 8.81. The van der Waals surface area contributed by atoms with E-state index in [1.54, 1.807) is 29.7 Å². The van der Waals surface area contributed by atoms with E-state index in [2.05, 4.69) is 9.97 Å². The Bertz CT molecular complexity index is 473. The maximum Gasteiger partial charge on any atom is 0.132 e. The molecule has 0 N–H and O–H groups in total. The molecule has 5 heteroatoms. The molecule has 0 aromatic carbocycles. The van der Waals surface area contributed by atoms with Crippen molar-refractivity contribution < 1.29 is 4.74 Å². The Morgan fingerprint density at radius 3 is 3.00 bits per heavy atom. The van der Waals surface area contributed by atoms with E-state index in [9.17, 15) is 0 Å². The third-order valence-corrected chi connectivity index (χ3v) is 3.34. The SMILES string of the molecule is Cc1ncsc1CCOc1ccnc(Cl)c1. The van der Waals surface area contributed by atoms with Gasteiger partial charge in [-0.15, -0.1) is 11.3 Å². The van der Waals surface area contributed by atoms with Gasteiger partial charge in [0.1, 0.15) is 10.9 Å². The molecule has 0 fully saturated rings. The maximum absolute atomic E-state index is 5.75. The summed E-state index contributed by atoms with van der Waals surface area (Å²) in [5.74, 6) is 0.752. The molecule has 0 aliphatic rings. The lowest BCUT2D eigenvalue weighted by Crippen LogP contribution is -2.01. The van der Waals surface area contributed by atoms with Gasteiger partial charge in [0.2, 0.25) is 0 Å². The summed E-state index contributed by atoms with van der Waals surface area (Å²) in [5.41, 5.74) is 2.94. The normalized spacial score (nSPS) is 10.4. The minimum absolute atomic E-state index is 0.450. The van der Waals surface area contributed by atoms with Crippen LogP contribution in [-0.2, 0) is 6.42 Å². The first-order chi connectivity index (χ1) is 7.75. The Morgan fingerprint density at radius 2 is 2.31 bits per heavy atom. The standard InChI is InChI=1S/C11H11ClN2OS/c1-8-10(16-7-14-8)3-5-15-9-2-4-13-11(12)6-9/h2,4,6-7H,3,5H2,1H3. The van der Waals surface area contributed by atoms with Gasteiger partial charge < -0.3 is 4.74 Å². The van der Waals surface area contributed by atoms with Gasteiger partial charge in [-0.1, -0.05) is 11.6 Å². The first-order valence-electron chi connectivity index (χ1n) is 4.89. The van der Waals surface area contributed by atoms with E-state index in [1.165, 1.54) is 4.88 Å². The average molecular weight is 255 g/mol. The molecule has 0 radical (unpaired) electrons. The molecular formula is C11H11ClN2OS. The molecule has 0 aliphatic heterocycles. The van der Waals surface area contributed by atoms with Crippen LogP contribution < -0.4 is 4.74 Å². The van der Waals surface area contributed by atoms with E-state index < -0.39 is 0 Å². The fourth-order valence-electron chi connectivity index (χ4n) is 1.30. The van der Waals surface area contributed by atoms with Crippen LogP contribution in [0.3, 0.4) is 0 Å². The Kier molecular flexibility index (Phi) is 3.74. The number of aryl methyl sites for hydroxylation is 1. The van der Waals surface area contributed by atoms with Crippen LogP contribution in [0.25, 0.3) is 0 Å². The van der Waals surface area contributed by atoms with E-state index in [0.717, 1.165) is 17.9 Å². The van der Waals surface area contributed by atoms with E-state index in [4.69, 9.17) is 16.3 Å². The molecule has 2 rings (SSSR count). The predicted molar refractivity (Wildman–Crippen MR) is 65.3 cm³/mol. The van der Waals surface area contributed by atoms with Crippen molar-refractivity contribution in [1.82, 2.24) is 9.97 Å². The fraction of sp³-hybridized carbons (Fsp3) is 0.273. The molecule has 0 bridgehead atoms. The summed E-state index contributed by atoms with van der Waals surface area (Å²) in [4.78, 5) is 9.34. The fourth-order valence-corrected chi connectivity index (χ4v) is 2.23. The highest BCUT2D eigenvalue weighted by Crippen LogP contribution is 2.16. The quantitative estimate of drug-likeness (QED) is 0.787. The van der Waals surface area contributed by atoms with Gasteiger partial charge in [0.05, 0.1) is 17.8 Å². The molecule has 0 amide bonds. The molecule has 3 nitrogen and oxygen atoms in total. The Morgan fingerprint density at radius 1 is 1.44 bits per heavy atom. The lowest BCUT2D eigenvalue weighted by atomic mass is 10.3. The van der Waals surface area contributed by atoms with Gasteiger partial charge in [-0.2, -0.15) is 0 Å². The van der Waals surface area contributed by atoms with Crippen molar-refractivity contribution in [3.63, 3.8) is 0 Å². The monoisotopic (exact) mass is 254 g/mol. The Hall–Kier alpha value is -1.13. The molecule has 16 heavy (non-hydrogen) atoms. The molecule has 84 valence electrons. The van der Waals surface area contributed by atoms with Crippen molar-refractivity contribution in [2.75, 3.05) is 6.61 Å². The van der Waals surface area contributed by atoms with Crippen LogP contribution in [0.2, 0.25) is 5.15 Å². The topological polar surface area (TPSA) is 35.0 Å². The van der Waals surface area contributed by atoms with Gasteiger partial charge >= 0.3 is 0 Å². The molecule has 0 spiro atoms. The zero-order chi connectivity index (χ0) is 11.4. The Balaban J connectivity index is 1.87. The van der Waals surface area contributed by atoms with Gasteiger partial charge in [-0.05, 0) is 13.0 Å². The second-order valence-corrected chi connectivity index (χ2v) is 4.60. The van der Waals surface area contributed by atoms with Crippen molar-refractivity contribution in [2.24, 2.45) is 0 Å². The van der Waals surface area contributed by atoms with E-state index in [0.29, 0.717) is 11.8 Å². The van der Waals surface area contributed by atoms with E-state index in [1.807, 2.05) is 12.4 Å². The highest BCUT2D eigenvalue weighted by Gasteiger charge is 2.02. The molecule has 2 aromatic rings. The summed E-state index contributed by atoms with van der Waals surface area (Å²) in [6.07, 6.45) is 2.51. The number of hydrogen-bond acceptors (Lipinski definition) is 4. The van der Waals surface area contributed by atoms with E-state index in [-0.39, 0.29) is 0 Å². The van der Waals surface area contributed by atoms with Crippen LogP contribution >= 0.6 is 22.9 Å². The van der Waals surface area contributed by atoms with Crippen molar-refractivity contribution in [1.29, 1.82) is 0 Å². The van der Waals surface area contributed by atoms with Gasteiger partial charge in [-0.3, -0.25) is 0 Å². The molecule has 0 unspecified atom stereocenters. The number of pyridine rings is 1. The largest absolute Gasteiger partial charge is 0.493 e. The highest BCUT2D eigenvalue weighted by molar-refractivity contribution is 7.09. The summed E-state index contributed by atoms with van der Waals surface area (Å²) in [6.45, 7) is 2.64. The Labute approximate surface area is 103 Å². The molecule has 2 heterocycles. The zero-order valence-corrected chi connectivity index (χ0v) is 10.4. The first kappa shape index (κ1) is 11.4. The van der Waals surface area contributed by atoms with Gasteiger partial charge in [0, 0.05) is 23.6 Å². The third kappa shape index (κ3) is 2.93. The number of ether oxygens (including phenoxy) is 1. The lowest BCUT2D eigenvalue weighted by Gasteiger charge is -2.05. The summed E-state index contributed by atoms with van der Waals surface area (Å²) in [7, 11) is 0. The summed E-state index contributed by atoms with van der Waals surface area (Å²) >= 11 is 7.41. The maximum atomic E-state index is 5.75. The smallest absolute Gasteiger partial charge is 0.132 e. The van der Waals surface area contributed by atoms with Gasteiger partial charge in [-0.25, -0.2) is 9.97 Å². The summed E-state index contributed by atoms with van der Waals surface area (Å²) in [6, 6.07) is 3.51. The van der Waals surface area contributed by atoms with Crippen molar-refractivity contribution in [3.05, 3.63) is 39.6 Å². The third-order valence-electron chi connectivity index (χ3n) is 2.14. The molecule has 2 aromatic heterocycles. The predicted octanol–water partition coefficient (Wildman–Crippen LogP) is 3.12. The number of thiazole rings is 1. The lowest BCUT2D eigenvalue weighted by molar-refractivity contribution is 0.322. The van der Waals surface area contributed by atoms with Crippen LogP contribution in [0.1, 0.15) is 10.6 Å². The summed E-state index contributed by atoms with van der Waals surface area (Å²) in [5, 5.41) is 0.450.